The van der Waals surface area contributed by atoms with Gasteiger partial charge in [-0.15, -0.1) is 0 Å². The molecule has 2 rings (SSSR count). The van der Waals surface area contributed by atoms with Crippen LogP contribution in [0.5, 0.6) is 0 Å². The topological polar surface area (TPSA) is 49.4 Å². The van der Waals surface area contributed by atoms with Crippen LogP contribution < -0.4 is 5.32 Å². The molecule has 118 valence electrons. The Morgan fingerprint density at radius 2 is 1.26 bits per heavy atom. The Bertz CT molecular complexity index is 714. The molecule has 0 radical (unpaired) electrons. The molecule has 23 heavy (non-hydrogen) atoms. The molecule has 0 aliphatic carbocycles. The lowest BCUT2D eigenvalue weighted by Gasteiger charge is -2.09. The Morgan fingerprint density at radius 3 is 1.65 bits per heavy atom. The molecule has 0 bridgehead atoms. The van der Waals surface area contributed by atoms with E-state index in [1.165, 1.54) is 0 Å². The molecule has 0 saturated heterocycles. The van der Waals surface area contributed by atoms with Crippen LogP contribution >= 0.6 is 0 Å². The summed E-state index contributed by atoms with van der Waals surface area (Å²) in [6, 6.07) is 14.8. The van der Waals surface area contributed by atoms with Crippen molar-refractivity contribution in [3.8, 4) is 0 Å². The van der Waals surface area contributed by atoms with Crippen molar-refractivity contribution in [1.29, 1.82) is 0 Å². The molecule has 0 aliphatic rings. The number of carbonyl (C=O) groups excluding carboxylic acids is 2. The van der Waals surface area contributed by atoms with Gasteiger partial charge in [0, 0.05) is 32.3 Å². The maximum absolute atomic E-state index is 11.8. The summed E-state index contributed by atoms with van der Waals surface area (Å²) < 4.78 is 0. The number of rotatable bonds is 4. The maximum atomic E-state index is 11.8. The molecule has 4 heteroatoms. The normalized spacial score (nSPS) is 10.6. The second kappa shape index (κ2) is 7.40. The van der Waals surface area contributed by atoms with Crippen molar-refractivity contribution in [2.75, 3.05) is 21.1 Å². The van der Waals surface area contributed by atoms with Crippen LogP contribution in [0.3, 0.4) is 0 Å². The Morgan fingerprint density at radius 1 is 0.826 bits per heavy atom. The fourth-order valence-corrected chi connectivity index (χ4v) is 2.08. The van der Waals surface area contributed by atoms with E-state index in [0.29, 0.717) is 11.1 Å². The summed E-state index contributed by atoms with van der Waals surface area (Å²) in [4.78, 5) is 24.9. The van der Waals surface area contributed by atoms with E-state index in [1.807, 2.05) is 48.6 Å². The van der Waals surface area contributed by atoms with E-state index in [2.05, 4.69) is 5.32 Å². The number of benzene rings is 2. The van der Waals surface area contributed by atoms with Gasteiger partial charge in [0.2, 0.25) is 0 Å². The van der Waals surface area contributed by atoms with Crippen LogP contribution in [-0.2, 0) is 0 Å². The lowest BCUT2D eigenvalue weighted by atomic mass is 10.1. The number of carbonyl (C=O) groups is 2. The molecule has 2 aromatic rings. The second-order valence-corrected chi connectivity index (χ2v) is 5.36. The monoisotopic (exact) mass is 308 g/mol. The average Bonchev–Trinajstić information content (AvgIpc) is 2.59. The van der Waals surface area contributed by atoms with Crippen LogP contribution in [0.15, 0.2) is 48.5 Å². The highest BCUT2D eigenvalue weighted by molar-refractivity contribution is 5.94. The Hall–Kier alpha value is -2.88. The molecule has 0 fully saturated rings. The van der Waals surface area contributed by atoms with E-state index in [0.717, 1.165) is 11.1 Å². The molecule has 1 N–H and O–H groups in total. The molecule has 4 nitrogen and oxygen atoms in total. The summed E-state index contributed by atoms with van der Waals surface area (Å²) >= 11 is 0. The summed E-state index contributed by atoms with van der Waals surface area (Å²) in [6.07, 6.45) is 3.94. The zero-order valence-electron chi connectivity index (χ0n) is 13.5. The first-order valence-electron chi connectivity index (χ1n) is 7.33. The van der Waals surface area contributed by atoms with Gasteiger partial charge in [-0.3, -0.25) is 9.59 Å². The third kappa shape index (κ3) is 4.30. The lowest BCUT2D eigenvalue weighted by Crippen LogP contribution is -2.21. The fraction of sp³-hybridized carbons (Fsp3) is 0.158. The molecule has 0 atom stereocenters. The first kappa shape index (κ1) is 16.5. The minimum absolute atomic E-state index is 0.00896. The van der Waals surface area contributed by atoms with Crippen molar-refractivity contribution in [1.82, 2.24) is 10.2 Å². The van der Waals surface area contributed by atoms with Gasteiger partial charge in [0.1, 0.15) is 0 Å². The van der Waals surface area contributed by atoms with Crippen LogP contribution in [0.1, 0.15) is 31.8 Å². The van der Waals surface area contributed by atoms with Gasteiger partial charge in [0.05, 0.1) is 0 Å². The first-order valence-corrected chi connectivity index (χ1v) is 7.33. The van der Waals surface area contributed by atoms with Crippen molar-refractivity contribution in [2.24, 2.45) is 0 Å². The van der Waals surface area contributed by atoms with Crippen LogP contribution in [0.4, 0.5) is 0 Å². The first-order chi connectivity index (χ1) is 11.0. The standard InChI is InChI=1S/C19H20N2O2/c1-20-18(22)16-10-6-14(7-11-16)4-5-15-8-12-17(13-9-15)19(23)21(2)3/h4-13H,1-3H3,(H,20,22)/b5-4+. The molecular weight excluding hydrogens is 288 g/mol. The van der Waals surface area contributed by atoms with Crippen LogP contribution in [0.25, 0.3) is 12.2 Å². The molecule has 0 unspecified atom stereocenters. The molecule has 0 spiro atoms. The van der Waals surface area contributed by atoms with Crippen molar-refractivity contribution >= 4 is 24.0 Å². The van der Waals surface area contributed by atoms with Crippen LogP contribution in [0, 0.1) is 0 Å². The summed E-state index contributed by atoms with van der Waals surface area (Å²) in [5, 5.41) is 2.59. The van der Waals surface area contributed by atoms with Gasteiger partial charge in [0.25, 0.3) is 11.8 Å². The third-order valence-corrected chi connectivity index (χ3v) is 3.43. The highest BCUT2D eigenvalue weighted by atomic mass is 16.2. The predicted molar refractivity (Wildman–Crippen MR) is 93.2 cm³/mol. The van der Waals surface area contributed by atoms with E-state index in [9.17, 15) is 9.59 Å². The highest BCUT2D eigenvalue weighted by Gasteiger charge is 2.06. The lowest BCUT2D eigenvalue weighted by molar-refractivity contribution is 0.0827. The van der Waals surface area contributed by atoms with Gasteiger partial charge in [-0.2, -0.15) is 0 Å². The summed E-state index contributed by atoms with van der Waals surface area (Å²) in [6.45, 7) is 0. The molecule has 0 aromatic heterocycles. The van der Waals surface area contributed by atoms with Gasteiger partial charge in [-0.05, 0) is 35.4 Å². The highest BCUT2D eigenvalue weighted by Crippen LogP contribution is 2.12. The largest absolute Gasteiger partial charge is 0.355 e. The van der Waals surface area contributed by atoms with Crippen molar-refractivity contribution in [3.05, 3.63) is 70.8 Å². The van der Waals surface area contributed by atoms with E-state index >= 15 is 0 Å². The van der Waals surface area contributed by atoms with Crippen molar-refractivity contribution in [3.63, 3.8) is 0 Å². The summed E-state index contributed by atoms with van der Waals surface area (Å²) in [5.74, 6) is -0.105. The molecular formula is C19H20N2O2. The van der Waals surface area contributed by atoms with Crippen LogP contribution in [-0.4, -0.2) is 37.9 Å². The molecule has 0 aliphatic heterocycles. The van der Waals surface area contributed by atoms with Gasteiger partial charge < -0.3 is 10.2 Å². The van der Waals surface area contributed by atoms with E-state index in [4.69, 9.17) is 0 Å². The minimum Gasteiger partial charge on any atom is -0.355 e. The molecule has 2 aromatic carbocycles. The SMILES string of the molecule is CNC(=O)c1ccc(/C=C/c2ccc(C(=O)N(C)C)cc2)cc1. The molecule has 0 heterocycles. The van der Waals surface area contributed by atoms with Crippen molar-refractivity contribution in [2.45, 2.75) is 0 Å². The Labute approximate surface area is 136 Å². The summed E-state index contributed by atoms with van der Waals surface area (Å²) in [5.41, 5.74) is 3.32. The van der Waals surface area contributed by atoms with E-state index in [-0.39, 0.29) is 11.8 Å². The van der Waals surface area contributed by atoms with Gasteiger partial charge >= 0.3 is 0 Å². The summed E-state index contributed by atoms with van der Waals surface area (Å²) in [7, 11) is 5.08. The van der Waals surface area contributed by atoms with E-state index < -0.39 is 0 Å². The minimum atomic E-state index is -0.0957. The quantitative estimate of drug-likeness (QED) is 0.883. The zero-order valence-corrected chi connectivity index (χ0v) is 13.5. The molecule has 0 saturated carbocycles. The Kier molecular flexibility index (Phi) is 5.31. The predicted octanol–water partition coefficient (Wildman–Crippen LogP) is 2.92. The van der Waals surface area contributed by atoms with Gasteiger partial charge in [0.15, 0.2) is 0 Å². The Balaban J connectivity index is 2.08. The maximum Gasteiger partial charge on any atom is 0.253 e. The van der Waals surface area contributed by atoms with Gasteiger partial charge in [-0.1, -0.05) is 36.4 Å². The smallest absolute Gasteiger partial charge is 0.253 e. The number of nitrogens with zero attached hydrogens (tertiary/aromatic N) is 1. The number of hydrogen-bond donors (Lipinski definition) is 1. The number of nitrogens with one attached hydrogen (secondary N) is 1. The average molecular weight is 308 g/mol. The number of hydrogen-bond acceptors (Lipinski definition) is 2. The van der Waals surface area contributed by atoms with Crippen molar-refractivity contribution < 1.29 is 9.59 Å². The van der Waals surface area contributed by atoms with E-state index in [1.54, 1.807) is 38.2 Å². The number of amides is 2. The van der Waals surface area contributed by atoms with Crippen LogP contribution in [0.2, 0.25) is 0 Å². The second-order valence-electron chi connectivity index (χ2n) is 5.36. The zero-order chi connectivity index (χ0) is 16.8. The third-order valence-electron chi connectivity index (χ3n) is 3.43. The fourth-order valence-electron chi connectivity index (χ4n) is 2.08. The molecule has 2 amide bonds. The van der Waals surface area contributed by atoms with Gasteiger partial charge in [-0.25, -0.2) is 0 Å².